The van der Waals surface area contributed by atoms with Gasteiger partial charge in [0.05, 0.1) is 17.1 Å². The topological polar surface area (TPSA) is 86.5 Å². The summed E-state index contributed by atoms with van der Waals surface area (Å²) >= 11 is 5.88. The SMILES string of the molecule is CCOC(=O)CCCCCCc1cc(Cl)c([N+](=O)[O-])c(C=O)c1. The Bertz CT molecular complexity index is 574. The summed E-state index contributed by atoms with van der Waals surface area (Å²) < 4.78 is 4.85. The number of unbranched alkanes of at least 4 members (excludes halogenated alkanes) is 3. The van der Waals surface area contributed by atoms with E-state index in [2.05, 4.69) is 0 Å². The van der Waals surface area contributed by atoms with Crippen LogP contribution in [-0.4, -0.2) is 23.8 Å². The summed E-state index contributed by atoms with van der Waals surface area (Å²) in [6, 6.07) is 3.04. The Morgan fingerprint density at radius 2 is 2.00 bits per heavy atom. The summed E-state index contributed by atoms with van der Waals surface area (Å²) in [6.45, 7) is 2.18. The van der Waals surface area contributed by atoms with Crippen LogP contribution >= 0.6 is 11.6 Å². The zero-order chi connectivity index (χ0) is 17.2. The van der Waals surface area contributed by atoms with Gasteiger partial charge in [-0.2, -0.15) is 0 Å². The van der Waals surface area contributed by atoms with Crippen molar-refractivity contribution in [3.63, 3.8) is 0 Å². The van der Waals surface area contributed by atoms with Crippen molar-refractivity contribution in [2.45, 2.75) is 45.4 Å². The molecule has 0 amide bonds. The number of hydrogen-bond donors (Lipinski definition) is 0. The lowest BCUT2D eigenvalue weighted by Crippen LogP contribution is -2.03. The normalized spacial score (nSPS) is 10.3. The van der Waals surface area contributed by atoms with Crippen LogP contribution in [0.5, 0.6) is 0 Å². The van der Waals surface area contributed by atoms with Crippen LogP contribution < -0.4 is 0 Å². The predicted molar refractivity (Wildman–Crippen MR) is 86.9 cm³/mol. The van der Waals surface area contributed by atoms with Gasteiger partial charge in [-0.15, -0.1) is 0 Å². The molecule has 6 nitrogen and oxygen atoms in total. The van der Waals surface area contributed by atoms with Crippen LogP contribution in [0.1, 0.15) is 54.9 Å². The van der Waals surface area contributed by atoms with Crippen LogP contribution in [0.15, 0.2) is 12.1 Å². The van der Waals surface area contributed by atoms with Crippen molar-refractivity contribution in [1.29, 1.82) is 0 Å². The maximum absolute atomic E-state index is 11.2. The highest BCUT2D eigenvalue weighted by Gasteiger charge is 2.19. The van der Waals surface area contributed by atoms with Crippen LogP contribution in [0.2, 0.25) is 5.02 Å². The number of carbonyl (C=O) groups excluding carboxylic acids is 2. The molecule has 23 heavy (non-hydrogen) atoms. The Kier molecular flexibility index (Phi) is 8.26. The monoisotopic (exact) mass is 341 g/mol. The molecule has 0 fully saturated rings. The first-order valence-electron chi connectivity index (χ1n) is 7.57. The van der Waals surface area contributed by atoms with Gasteiger partial charge in [-0.05, 0) is 43.9 Å². The summed E-state index contributed by atoms with van der Waals surface area (Å²) in [5, 5.41) is 10.9. The number of aryl methyl sites for hydroxylation is 1. The van der Waals surface area contributed by atoms with Gasteiger partial charge >= 0.3 is 5.97 Å². The van der Waals surface area contributed by atoms with Gasteiger partial charge in [0.1, 0.15) is 5.02 Å². The lowest BCUT2D eigenvalue weighted by Gasteiger charge is -2.05. The highest BCUT2D eigenvalue weighted by atomic mass is 35.5. The Balaban J connectivity index is 2.44. The average Bonchev–Trinajstić information content (AvgIpc) is 2.49. The fourth-order valence-corrected chi connectivity index (χ4v) is 2.61. The number of carbonyl (C=O) groups is 2. The molecule has 1 aromatic carbocycles. The lowest BCUT2D eigenvalue weighted by molar-refractivity contribution is -0.384. The molecule has 1 rings (SSSR count). The molecule has 7 heteroatoms. The van der Waals surface area contributed by atoms with Gasteiger partial charge in [0, 0.05) is 6.42 Å². The van der Waals surface area contributed by atoms with E-state index in [0.717, 1.165) is 31.2 Å². The Morgan fingerprint density at radius 3 is 2.61 bits per heavy atom. The van der Waals surface area contributed by atoms with Crippen molar-refractivity contribution in [3.05, 3.63) is 38.4 Å². The molecule has 0 saturated carbocycles. The minimum Gasteiger partial charge on any atom is -0.466 e. The van der Waals surface area contributed by atoms with E-state index >= 15 is 0 Å². The zero-order valence-electron chi connectivity index (χ0n) is 13.0. The number of hydrogen-bond acceptors (Lipinski definition) is 5. The van der Waals surface area contributed by atoms with Gasteiger partial charge in [0.2, 0.25) is 0 Å². The minimum absolute atomic E-state index is 0.000175. The molecule has 0 saturated heterocycles. The molecule has 126 valence electrons. The van der Waals surface area contributed by atoms with Gasteiger partial charge in [-0.1, -0.05) is 24.4 Å². The van der Waals surface area contributed by atoms with E-state index in [-0.39, 0.29) is 22.2 Å². The fraction of sp³-hybridized carbons (Fsp3) is 0.500. The van der Waals surface area contributed by atoms with Crippen LogP contribution in [0, 0.1) is 10.1 Å². The third kappa shape index (κ3) is 6.36. The standard InChI is InChI=1S/C16H20ClNO5/c1-2-23-15(20)8-6-4-3-5-7-12-9-13(11-19)16(18(21)22)14(17)10-12/h9-11H,2-8H2,1H3. The highest BCUT2D eigenvalue weighted by molar-refractivity contribution is 6.33. The fourth-order valence-electron chi connectivity index (χ4n) is 2.29. The quantitative estimate of drug-likeness (QED) is 0.210. The number of nitrogens with zero attached hydrogens (tertiary/aromatic N) is 1. The lowest BCUT2D eigenvalue weighted by atomic mass is 10.0. The number of ether oxygens (including phenoxy) is 1. The van der Waals surface area contributed by atoms with Gasteiger partial charge in [-0.3, -0.25) is 19.7 Å². The number of benzene rings is 1. The molecule has 0 bridgehead atoms. The van der Waals surface area contributed by atoms with E-state index in [1.807, 2.05) is 0 Å². The second-order valence-electron chi connectivity index (χ2n) is 5.11. The maximum Gasteiger partial charge on any atom is 0.305 e. The van der Waals surface area contributed by atoms with Crippen molar-refractivity contribution in [1.82, 2.24) is 0 Å². The summed E-state index contributed by atoms with van der Waals surface area (Å²) in [4.78, 5) is 32.4. The number of halogens is 1. The minimum atomic E-state index is -0.648. The molecule has 0 atom stereocenters. The molecular formula is C16H20ClNO5. The largest absolute Gasteiger partial charge is 0.466 e. The second kappa shape index (κ2) is 9.94. The molecule has 0 aromatic heterocycles. The molecule has 0 aliphatic carbocycles. The van der Waals surface area contributed by atoms with Crippen LogP contribution in [0.4, 0.5) is 5.69 Å². The molecule has 0 unspecified atom stereocenters. The third-order valence-electron chi connectivity index (χ3n) is 3.36. The number of nitro benzene ring substituents is 1. The number of rotatable bonds is 10. The van der Waals surface area contributed by atoms with Crippen molar-refractivity contribution in [2.24, 2.45) is 0 Å². The summed E-state index contributed by atoms with van der Waals surface area (Å²) in [6.07, 6.45) is 5.01. The number of esters is 1. The number of aldehydes is 1. The molecule has 0 spiro atoms. The first-order chi connectivity index (χ1) is 11.0. The molecule has 0 radical (unpaired) electrons. The van der Waals surface area contributed by atoms with Crippen molar-refractivity contribution < 1.29 is 19.2 Å². The Morgan fingerprint density at radius 1 is 1.30 bits per heavy atom. The van der Waals surface area contributed by atoms with Gasteiger partial charge in [-0.25, -0.2) is 0 Å². The Labute approximate surface area is 139 Å². The molecule has 0 heterocycles. The zero-order valence-corrected chi connectivity index (χ0v) is 13.8. The van der Waals surface area contributed by atoms with Crippen molar-refractivity contribution in [3.8, 4) is 0 Å². The van der Waals surface area contributed by atoms with E-state index in [1.165, 1.54) is 12.1 Å². The second-order valence-corrected chi connectivity index (χ2v) is 5.52. The van der Waals surface area contributed by atoms with Crippen molar-refractivity contribution >= 4 is 29.5 Å². The highest BCUT2D eigenvalue weighted by Crippen LogP contribution is 2.29. The van der Waals surface area contributed by atoms with Crippen LogP contribution in [-0.2, 0) is 16.0 Å². The predicted octanol–water partition coefficient (Wildman–Crippen LogP) is 4.12. The third-order valence-corrected chi connectivity index (χ3v) is 3.65. The van der Waals surface area contributed by atoms with Crippen LogP contribution in [0.3, 0.4) is 0 Å². The van der Waals surface area contributed by atoms with Gasteiger partial charge in [0.25, 0.3) is 5.69 Å². The van der Waals surface area contributed by atoms with Crippen LogP contribution in [0.25, 0.3) is 0 Å². The maximum atomic E-state index is 11.2. The average molecular weight is 342 g/mol. The molecule has 0 aliphatic heterocycles. The first kappa shape index (κ1) is 19.1. The summed E-state index contributed by atoms with van der Waals surface area (Å²) in [5.41, 5.74) is 0.452. The van der Waals surface area contributed by atoms with E-state index < -0.39 is 4.92 Å². The summed E-state index contributed by atoms with van der Waals surface area (Å²) in [7, 11) is 0. The van der Waals surface area contributed by atoms with Crippen molar-refractivity contribution in [2.75, 3.05) is 6.61 Å². The van der Waals surface area contributed by atoms with Gasteiger partial charge < -0.3 is 4.74 Å². The molecule has 0 N–H and O–H groups in total. The molecule has 0 aliphatic rings. The van der Waals surface area contributed by atoms with E-state index in [0.29, 0.717) is 25.7 Å². The smallest absolute Gasteiger partial charge is 0.305 e. The molecular weight excluding hydrogens is 322 g/mol. The first-order valence-corrected chi connectivity index (χ1v) is 7.95. The number of nitro groups is 1. The van der Waals surface area contributed by atoms with Gasteiger partial charge in [0.15, 0.2) is 6.29 Å². The van der Waals surface area contributed by atoms with E-state index in [1.54, 1.807) is 6.92 Å². The molecule has 1 aromatic rings. The Hall–Kier alpha value is -1.95. The van der Waals surface area contributed by atoms with E-state index in [4.69, 9.17) is 16.3 Å². The van der Waals surface area contributed by atoms with E-state index in [9.17, 15) is 19.7 Å². The summed E-state index contributed by atoms with van der Waals surface area (Å²) in [5.74, 6) is -0.176.